The highest BCUT2D eigenvalue weighted by Gasteiger charge is 2.30. The Morgan fingerprint density at radius 2 is 1.82 bits per heavy atom. The molecule has 0 radical (unpaired) electrons. The molecular weight excluding hydrogens is 404 g/mol. The van der Waals surface area contributed by atoms with E-state index in [0.29, 0.717) is 39.2 Å². The van der Waals surface area contributed by atoms with E-state index in [1.165, 1.54) is 32.7 Å². The van der Waals surface area contributed by atoms with Crippen LogP contribution in [-0.2, 0) is 9.84 Å². The second-order valence-corrected chi connectivity index (χ2v) is 9.65. The average molecular weight is 427 g/mol. The fourth-order valence-corrected chi connectivity index (χ4v) is 5.72. The standard InChI is InChI=1S/C18H22N2O6S2/c1-10-16(17(21)20-12-5-6-28(22,23)9-12)27-18(19-10)11-7-13(24-2)15(26-4)14(8-11)25-3/h7-8,12H,5-6,9H2,1-4H3,(H,20,21)/t12-/m0/s1. The summed E-state index contributed by atoms with van der Waals surface area (Å²) in [6, 6.07) is 3.18. The molecule has 2 heterocycles. The van der Waals surface area contributed by atoms with Gasteiger partial charge in [-0.25, -0.2) is 13.4 Å². The number of aryl methyl sites for hydroxylation is 1. The summed E-state index contributed by atoms with van der Waals surface area (Å²) < 4.78 is 39.3. The molecule has 0 unspecified atom stereocenters. The average Bonchev–Trinajstić information content (AvgIpc) is 3.22. The van der Waals surface area contributed by atoms with Gasteiger partial charge in [-0.2, -0.15) is 0 Å². The summed E-state index contributed by atoms with van der Waals surface area (Å²) >= 11 is 1.23. The minimum atomic E-state index is -3.06. The molecule has 152 valence electrons. The number of nitrogens with zero attached hydrogens (tertiary/aromatic N) is 1. The Kier molecular flexibility index (Phi) is 5.80. The molecule has 2 aromatic rings. The smallest absolute Gasteiger partial charge is 0.263 e. The molecule has 3 rings (SSSR count). The van der Waals surface area contributed by atoms with Crippen molar-refractivity contribution in [2.45, 2.75) is 19.4 Å². The van der Waals surface area contributed by atoms with Gasteiger partial charge in [-0.1, -0.05) is 0 Å². The first kappa shape index (κ1) is 20.4. The zero-order chi connectivity index (χ0) is 20.5. The first-order valence-corrected chi connectivity index (χ1v) is 11.2. The van der Waals surface area contributed by atoms with Crippen LogP contribution in [0.15, 0.2) is 12.1 Å². The molecule has 1 amide bonds. The molecule has 1 atom stereocenters. The van der Waals surface area contributed by atoms with Gasteiger partial charge in [-0.05, 0) is 25.5 Å². The number of sulfone groups is 1. The predicted octanol–water partition coefficient (Wildman–Crippen LogP) is 2.06. The minimum absolute atomic E-state index is 0.0175. The molecule has 1 aliphatic heterocycles. The van der Waals surface area contributed by atoms with Crippen molar-refractivity contribution in [3.05, 3.63) is 22.7 Å². The molecule has 1 fully saturated rings. The summed E-state index contributed by atoms with van der Waals surface area (Å²) in [7, 11) is 1.53. The van der Waals surface area contributed by atoms with Gasteiger partial charge in [0, 0.05) is 11.6 Å². The highest BCUT2D eigenvalue weighted by atomic mass is 32.2. The number of aromatic nitrogens is 1. The van der Waals surface area contributed by atoms with E-state index in [1.54, 1.807) is 19.1 Å². The maximum atomic E-state index is 12.6. The molecule has 10 heteroatoms. The van der Waals surface area contributed by atoms with Crippen molar-refractivity contribution >= 4 is 27.1 Å². The summed E-state index contributed by atoms with van der Waals surface area (Å²) in [6.45, 7) is 1.75. The lowest BCUT2D eigenvalue weighted by atomic mass is 10.2. The third-order valence-corrected chi connectivity index (χ3v) is 7.46. The zero-order valence-corrected chi connectivity index (χ0v) is 17.7. The highest BCUT2D eigenvalue weighted by Crippen LogP contribution is 2.42. The monoisotopic (exact) mass is 426 g/mol. The second-order valence-electron chi connectivity index (χ2n) is 6.42. The van der Waals surface area contributed by atoms with Gasteiger partial charge < -0.3 is 19.5 Å². The number of rotatable bonds is 6. The molecule has 1 aliphatic rings. The Morgan fingerprint density at radius 1 is 1.18 bits per heavy atom. The Morgan fingerprint density at radius 3 is 2.32 bits per heavy atom. The van der Waals surface area contributed by atoms with Crippen LogP contribution in [0.5, 0.6) is 17.2 Å². The number of ether oxygens (including phenoxy) is 3. The van der Waals surface area contributed by atoms with Gasteiger partial charge in [-0.15, -0.1) is 11.3 Å². The number of hydrogen-bond acceptors (Lipinski definition) is 8. The molecular formula is C18H22N2O6S2. The van der Waals surface area contributed by atoms with E-state index in [-0.39, 0.29) is 23.5 Å². The van der Waals surface area contributed by atoms with E-state index in [4.69, 9.17) is 14.2 Å². The van der Waals surface area contributed by atoms with Crippen LogP contribution in [0.3, 0.4) is 0 Å². The van der Waals surface area contributed by atoms with Crippen molar-refractivity contribution in [1.29, 1.82) is 0 Å². The lowest BCUT2D eigenvalue weighted by Crippen LogP contribution is -2.35. The third-order valence-electron chi connectivity index (χ3n) is 4.48. The predicted molar refractivity (Wildman–Crippen MR) is 106 cm³/mol. The van der Waals surface area contributed by atoms with Crippen LogP contribution in [0.4, 0.5) is 0 Å². The fourth-order valence-electron chi connectivity index (χ4n) is 3.09. The number of carbonyl (C=O) groups is 1. The van der Waals surface area contributed by atoms with Crippen LogP contribution in [0, 0.1) is 6.92 Å². The number of hydrogen-bond donors (Lipinski definition) is 1. The van der Waals surface area contributed by atoms with Crippen molar-refractivity contribution in [2.24, 2.45) is 0 Å². The van der Waals surface area contributed by atoms with Crippen LogP contribution < -0.4 is 19.5 Å². The first-order valence-electron chi connectivity index (χ1n) is 8.57. The van der Waals surface area contributed by atoms with E-state index in [0.717, 1.165) is 5.56 Å². The zero-order valence-electron chi connectivity index (χ0n) is 16.1. The van der Waals surface area contributed by atoms with Gasteiger partial charge >= 0.3 is 0 Å². The quantitative estimate of drug-likeness (QED) is 0.754. The number of carbonyl (C=O) groups excluding carboxylic acids is 1. The van der Waals surface area contributed by atoms with Crippen LogP contribution in [0.2, 0.25) is 0 Å². The fraction of sp³-hybridized carbons (Fsp3) is 0.444. The molecule has 0 saturated carbocycles. The molecule has 8 nitrogen and oxygen atoms in total. The van der Waals surface area contributed by atoms with E-state index in [2.05, 4.69) is 10.3 Å². The SMILES string of the molecule is COc1cc(-c2nc(C)c(C(=O)N[C@H]3CCS(=O)(=O)C3)s2)cc(OC)c1OC. The van der Waals surface area contributed by atoms with Gasteiger partial charge in [0.2, 0.25) is 5.75 Å². The Hall–Kier alpha value is -2.33. The maximum Gasteiger partial charge on any atom is 0.263 e. The number of methoxy groups -OCH3 is 3. The summed E-state index contributed by atoms with van der Waals surface area (Å²) in [5, 5.41) is 3.43. The van der Waals surface area contributed by atoms with Crippen molar-refractivity contribution in [3.63, 3.8) is 0 Å². The summed E-state index contributed by atoms with van der Waals surface area (Å²) in [6.07, 6.45) is 0.436. The molecule has 1 saturated heterocycles. The van der Waals surface area contributed by atoms with Gasteiger partial charge in [0.05, 0.1) is 38.5 Å². The Bertz CT molecular complexity index is 974. The van der Waals surface area contributed by atoms with Crippen LogP contribution >= 0.6 is 11.3 Å². The lowest BCUT2D eigenvalue weighted by Gasteiger charge is -2.13. The molecule has 0 aliphatic carbocycles. The van der Waals surface area contributed by atoms with Crippen LogP contribution in [0.1, 0.15) is 21.8 Å². The van der Waals surface area contributed by atoms with Gasteiger partial charge in [0.15, 0.2) is 21.3 Å². The normalized spacial score (nSPS) is 17.9. The minimum Gasteiger partial charge on any atom is -0.493 e. The summed E-state index contributed by atoms with van der Waals surface area (Å²) in [5.41, 5.74) is 1.30. The second kappa shape index (κ2) is 7.96. The Labute approximate surface area is 167 Å². The van der Waals surface area contributed by atoms with Crippen LogP contribution in [-0.4, -0.2) is 58.2 Å². The van der Waals surface area contributed by atoms with Crippen molar-refractivity contribution in [1.82, 2.24) is 10.3 Å². The maximum absolute atomic E-state index is 12.6. The van der Waals surface area contributed by atoms with Crippen molar-refractivity contribution < 1.29 is 27.4 Å². The summed E-state index contributed by atoms with van der Waals surface area (Å²) in [4.78, 5) is 17.6. The summed E-state index contributed by atoms with van der Waals surface area (Å²) in [5.74, 6) is 1.24. The van der Waals surface area contributed by atoms with Crippen LogP contribution in [0.25, 0.3) is 10.6 Å². The molecule has 0 spiro atoms. The topological polar surface area (TPSA) is 104 Å². The van der Waals surface area contributed by atoms with E-state index in [9.17, 15) is 13.2 Å². The number of thiazole rings is 1. The van der Waals surface area contributed by atoms with Gasteiger partial charge in [0.25, 0.3) is 5.91 Å². The third kappa shape index (κ3) is 4.07. The largest absolute Gasteiger partial charge is 0.493 e. The number of amides is 1. The van der Waals surface area contributed by atoms with Crippen molar-refractivity contribution in [3.8, 4) is 27.8 Å². The Balaban J connectivity index is 1.89. The highest BCUT2D eigenvalue weighted by molar-refractivity contribution is 7.91. The number of nitrogens with one attached hydrogen (secondary N) is 1. The lowest BCUT2D eigenvalue weighted by molar-refractivity contribution is 0.0944. The molecule has 0 bridgehead atoms. The van der Waals surface area contributed by atoms with Gasteiger partial charge in [0.1, 0.15) is 9.88 Å². The molecule has 1 aromatic carbocycles. The van der Waals surface area contributed by atoms with Crippen molar-refractivity contribution in [2.75, 3.05) is 32.8 Å². The first-order chi connectivity index (χ1) is 13.3. The van der Waals surface area contributed by atoms with Gasteiger partial charge in [-0.3, -0.25) is 4.79 Å². The molecule has 28 heavy (non-hydrogen) atoms. The molecule has 1 aromatic heterocycles. The number of benzene rings is 1. The van der Waals surface area contributed by atoms with E-state index in [1.807, 2.05) is 0 Å². The van der Waals surface area contributed by atoms with E-state index >= 15 is 0 Å². The van der Waals surface area contributed by atoms with E-state index < -0.39 is 9.84 Å². The molecule has 1 N–H and O–H groups in total.